The Morgan fingerprint density at radius 3 is 2.36 bits per heavy atom. The molecule has 0 saturated heterocycles. The number of amides is 1. The lowest BCUT2D eigenvalue weighted by molar-refractivity contribution is -0.120. The Morgan fingerprint density at radius 2 is 1.72 bits per heavy atom. The molecule has 0 bridgehead atoms. The number of imidazole rings is 1. The molecule has 2 N–H and O–H groups in total. The van der Waals surface area contributed by atoms with E-state index in [1.165, 1.54) is 0 Å². The lowest BCUT2D eigenvalue weighted by Crippen LogP contribution is -2.15. The molecule has 186 valence electrons. The molecule has 2 heterocycles. The number of nitrogens with one attached hydrogen (secondary N) is 1. The van der Waals surface area contributed by atoms with Crippen LogP contribution < -0.4 is 10.1 Å². The van der Waals surface area contributed by atoms with Crippen LogP contribution in [0.3, 0.4) is 0 Å². The second-order valence-electron chi connectivity index (χ2n) is 8.13. The zero-order valence-electron chi connectivity index (χ0n) is 20.6. The summed E-state index contributed by atoms with van der Waals surface area (Å²) in [4.78, 5) is 14.7. The van der Waals surface area contributed by atoms with Gasteiger partial charge in [-0.2, -0.15) is 0 Å². The summed E-state index contributed by atoms with van der Waals surface area (Å²) in [6, 6.07) is 25.4. The number of ether oxygens (including phenoxy) is 2. The zero-order chi connectivity index (χ0) is 25.5. The highest BCUT2D eigenvalue weighted by Gasteiger charge is 2.25. The molecule has 4 aromatic rings. The summed E-state index contributed by atoms with van der Waals surface area (Å²) < 4.78 is 13.7. The third kappa shape index (κ3) is 5.50. The fourth-order valence-corrected chi connectivity index (χ4v) is 3.82. The van der Waals surface area contributed by atoms with Crippen LogP contribution in [0.15, 0.2) is 78.9 Å². The summed E-state index contributed by atoms with van der Waals surface area (Å²) in [5, 5.41) is 13.9. The molecule has 1 aliphatic heterocycles. The van der Waals surface area contributed by atoms with Gasteiger partial charge in [-0.1, -0.05) is 49.4 Å². The van der Waals surface area contributed by atoms with Gasteiger partial charge in [0.15, 0.2) is 12.5 Å². The van der Waals surface area contributed by atoms with E-state index < -0.39 is 0 Å². The molecular weight excluding hydrogens is 456 g/mol. The van der Waals surface area contributed by atoms with Gasteiger partial charge in [0.05, 0.1) is 11.0 Å². The Morgan fingerprint density at radius 1 is 1.03 bits per heavy atom. The number of hydrogen-bond donors (Lipinski definition) is 2. The van der Waals surface area contributed by atoms with Gasteiger partial charge in [0.1, 0.15) is 23.9 Å². The molecule has 0 aliphatic carbocycles. The standard InChI is InChI=1S/C24H21N3O3.C4H9NO/c1-26-21-10-6-5-9-20(21)25-22(26)15-29-19-13-11-17(12-14-19)23-24(30-16-27(23)28)18-7-3-2-4-8-18;1-3-4(6)5-2/h2-14,28H,15-16H2,1H3;3H2,1-2H3,(H,5,6). The number of aryl methyl sites for hydroxylation is 1. The second kappa shape index (κ2) is 11.4. The van der Waals surface area contributed by atoms with Crippen LogP contribution in [-0.4, -0.2) is 39.5 Å². The van der Waals surface area contributed by atoms with Gasteiger partial charge in [-0.3, -0.25) is 10.0 Å². The Kier molecular flexibility index (Phi) is 7.87. The van der Waals surface area contributed by atoms with Crippen LogP contribution in [0.5, 0.6) is 5.75 Å². The van der Waals surface area contributed by atoms with E-state index in [1.54, 1.807) is 7.05 Å². The molecule has 0 atom stereocenters. The lowest BCUT2D eigenvalue weighted by Gasteiger charge is -2.13. The summed E-state index contributed by atoms with van der Waals surface area (Å²) in [6.45, 7) is 2.29. The van der Waals surface area contributed by atoms with Crippen LogP contribution >= 0.6 is 0 Å². The van der Waals surface area contributed by atoms with Crippen molar-refractivity contribution < 1.29 is 19.5 Å². The number of aromatic nitrogens is 2. The van der Waals surface area contributed by atoms with Crippen molar-refractivity contribution in [3.63, 3.8) is 0 Å². The lowest BCUT2D eigenvalue weighted by atomic mass is 10.1. The van der Waals surface area contributed by atoms with E-state index in [4.69, 9.17) is 9.47 Å². The minimum Gasteiger partial charge on any atom is -0.486 e. The first-order valence-electron chi connectivity index (χ1n) is 11.7. The highest BCUT2D eigenvalue weighted by molar-refractivity contribution is 5.87. The van der Waals surface area contributed by atoms with Gasteiger partial charge in [0.25, 0.3) is 0 Å². The predicted molar refractivity (Wildman–Crippen MR) is 139 cm³/mol. The fourth-order valence-electron chi connectivity index (χ4n) is 3.82. The number of nitrogens with zero attached hydrogens (tertiary/aromatic N) is 3. The van der Waals surface area contributed by atoms with Crippen molar-refractivity contribution in [3.05, 3.63) is 95.8 Å². The number of hydrogen-bond acceptors (Lipinski definition) is 6. The Balaban J connectivity index is 0.000000455. The van der Waals surface area contributed by atoms with Crippen molar-refractivity contribution in [2.24, 2.45) is 7.05 Å². The minimum atomic E-state index is 0.0926. The first kappa shape index (κ1) is 24.8. The molecule has 1 amide bonds. The van der Waals surface area contributed by atoms with E-state index in [0.717, 1.165) is 38.8 Å². The summed E-state index contributed by atoms with van der Waals surface area (Å²) in [6.07, 6.45) is 0.580. The molecule has 0 saturated carbocycles. The fraction of sp³-hybridized carbons (Fsp3) is 0.214. The van der Waals surface area contributed by atoms with E-state index in [1.807, 2.05) is 97.4 Å². The monoisotopic (exact) mass is 486 g/mol. The highest BCUT2D eigenvalue weighted by Crippen LogP contribution is 2.35. The number of carbonyl (C=O) groups excluding carboxylic acids is 1. The minimum absolute atomic E-state index is 0.0926. The normalized spacial score (nSPS) is 12.7. The van der Waals surface area contributed by atoms with Crippen molar-refractivity contribution in [2.75, 3.05) is 13.8 Å². The summed E-state index contributed by atoms with van der Waals surface area (Å²) in [5.41, 5.74) is 4.45. The quantitative estimate of drug-likeness (QED) is 0.407. The van der Waals surface area contributed by atoms with E-state index in [9.17, 15) is 10.0 Å². The van der Waals surface area contributed by atoms with Crippen molar-refractivity contribution in [1.29, 1.82) is 0 Å². The first-order valence-corrected chi connectivity index (χ1v) is 11.7. The third-order valence-corrected chi connectivity index (χ3v) is 5.82. The molecule has 0 spiro atoms. The molecular formula is C28H30N4O4. The average Bonchev–Trinajstić information content (AvgIpc) is 3.47. The smallest absolute Gasteiger partial charge is 0.219 e. The Bertz CT molecular complexity index is 1340. The van der Waals surface area contributed by atoms with Crippen molar-refractivity contribution in [3.8, 4) is 5.75 Å². The third-order valence-electron chi connectivity index (χ3n) is 5.82. The number of fused-ring (bicyclic) bond motifs is 1. The highest BCUT2D eigenvalue weighted by atomic mass is 16.6. The number of hydroxylamine groups is 2. The van der Waals surface area contributed by atoms with Crippen LogP contribution in [0.4, 0.5) is 0 Å². The molecule has 5 rings (SSSR count). The van der Waals surface area contributed by atoms with Crippen LogP contribution in [0.25, 0.3) is 22.5 Å². The van der Waals surface area contributed by atoms with Gasteiger partial charge in [0, 0.05) is 31.6 Å². The summed E-state index contributed by atoms with van der Waals surface area (Å²) >= 11 is 0. The Labute approximate surface area is 210 Å². The number of benzene rings is 3. The molecule has 8 nitrogen and oxygen atoms in total. The molecule has 36 heavy (non-hydrogen) atoms. The predicted octanol–water partition coefficient (Wildman–Crippen LogP) is 4.80. The molecule has 1 aliphatic rings. The summed E-state index contributed by atoms with van der Waals surface area (Å²) in [7, 11) is 3.62. The number of carbonyl (C=O) groups is 1. The second-order valence-corrected chi connectivity index (χ2v) is 8.13. The van der Waals surface area contributed by atoms with Gasteiger partial charge in [-0.15, -0.1) is 0 Å². The van der Waals surface area contributed by atoms with Crippen LogP contribution in [0, 0.1) is 0 Å². The topological polar surface area (TPSA) is 88.9 Å². The van der Waals surface area contributed by atoms with Gasteiger partial charge in [0.2, 0.25) is 5.91 Å². The van der Waals surface area contributed by atoms with E-state index >= 15 is 0 Å². The zero-order valence-corrected chi connectivity index (χ0v) is 20.6. The average molecular weight is 487 g/mol. The van der Waals surface area contributed by atoms with Gasteiger partial charge in [-0.25, -0.2) is 10.0 Å². The first-order chi connectivity index (χ1) is 17.5. The van der Waals surface area contributed by atoms with Crippen LogP contribution in [0.1, 0.15) is 30.3 Å². The molecule has 0 fully saturated rings. The largest absolute Gasteiger partial charge is 0.486 e. The number of rotatable bonds is 6. The summed E-state index contributed by atoms with van der Waals surface area (Å²) in [5.74, 6) is 2.35. The van der Waals surface area contributed by atoms with Gasteiger partial charge in [-0.05, 0) is 36.4 Å². The maximum atomic E-state index is 10.3. The SMILES string of the molecule is CCC(=O)NC.Cn1c(COc2ccc(C3=C(c4ccccc4)OCN3O)cc2)nc2ccccc21. The van der Waals surface area contributed by atoms with Gasteiger partial charge >= 0.3 is 0 Å². The molecule has 3 aromatic carbocycles. The molecule has 0 unspecified atom stereocenters. The molecule has 1 aromatic heterocycles. The van der Waals surface area contributed by atoms with Crippen molar-refractivity contribution >= 4 is 28.4 Å². The molecule has 0 radical (unpaired) electrons. The number of para-hydroxylation sites is 2. The maximum Gasteiger partial charge on any atom is 0.219 e. The maximum absolute atomic E-state index is 10.3. The van der Waals surface area contributed by atoms with E-state index in [-0.39, 0.29) is 12.6 Å². The van der Waals surface area contributed by atoms with E-state index in [0.29, 0.717) is 24.5 Å². The van der Waals surface area contributed by atoms with Gasteiger partial charge < -0.3 is 19.4 Å². The van der Waals surface area contributed by atoms with Crippen LogP contribution in [-0.2, 0) is 23.2 Å². The van der Waals surface area contributed by atoms with Crippen molar-refractivity contribution in [1.82, 2.24) is 19.9 Å². The van der Waals surface area contributed by atoms with Crippen molar-refractivity contribution in [2.45, 2.75) is 20.0 Å². The molecule has 8 heteroatoms. The Hall–Kier alpha value is -4.30. The van der Waals surface area contributed by atoms with E-state index in [2.05, 4.69) is 10.3 Å². The van der Waals surface area contributed by atoms with Crippen LogP contribution in [0.2, 0.25) is 0 Å².